The smallest absolute Gasteiger partial charge is 0.0924 e. The molecule has 0 radical (unpaired) electrons. The maximum Gasteiger partial charge on any atom is 0.0924 e. The van der Waals surface area contributed by atoms with Gasteiger partial charge in [-0.2, -0.15) is 5.10 Å². The van der Waals surface area contributed by atoms with Crippen molar-refractivity contribution >= 4 is 10.9 Å². The molecule has 0 spiro atoms. The van der Waals surface area contributed by atoms with Crippen LogP contribution in [0, 0.1) is 0 Å². The van der Waals surface area contributed by atoms with Crippen LogP contribution in [0.1, 0.15) is 25.5 Å². The molecule has 18 heavy (non-hydrogen) atoms. The molecule has 1 N–H and O–H groups in total. The van der Waals surface area contributed by atoms with Crippen molar-refractivity contribution in [3.63, 3.8) is 0 Å². The third kappa shape index (κ3) is 1.80. The van der Waals surface area contributed by atoms with Crippen molar-refractivity contribution in [3.05, 3.63) is 54.2 Å². The van der Waals surface area contributed by atoms with E-state index in [-0.39, 0.29) is 0 Å². The summed E-state index contributed by atoms with van der Waals surface area (Å²) in [6, 6.07) is 16.9. The first-order valence-electron chi connectivity index (χ1n) is 6.29. The Bertz CT molecular complexity index is 666. The number of H-pyrrole nitrogens is 1. The summed E-state index contributed by atoms with van der Waals surface area (Å²) < 4.78 is 0. The number of fused-ring (bicyclic) bond motifs is 1. The van der Waals surface area contributed by atoms with E-state index in [2.05, 4.69) is 66.5 Å². The van der Waals surface area contributed by atoms with Crippen LogP contribution in [-0.4, -0.2) is 10.2 Å². The Morgan fingerprint density at radius 1 is 0.944 bits per heavy atom. The van der Waals surface area contributed by atoms with Crippen LogP contribution in [0.5, 0.6) is 0 Å². The lowest BCUT2D eigenvalue weighted by Gasteiger charge is -2.04. The van der Waals surface area contributed by atoms with Crippen LogP contribution in [0.2, 0.25) is 0 Å². The average molecular weight is 236 g/mol. The van der Waals surface area contributed by atoms with Crippen molar-refractivity contribution in [1.82, 2.24) is 10.2 Å². The molecule has 0 aliphatic carbocycles. The predicted molar refractivity (Wildman–Crippen MR) is 75.6 cm³/mol. The van der Waals surface area contributed by atoms with Crippen LogP contribution in [0.3, 0.4) is 0 Å². The van der Waals surface area contributed by atoms with Gasteiger partial charge in [-0.1, -0.05) is 50.2 Å². The van der Waals surface area contributed by atoms with Gasteiger partial charge in [0.1, 0.15) is 0 Å². The predicted octanol–water partition coefficient (Wildman–Crippen LogP) is 4.35. The van der Waals surface area contributed by atoms with Gasteiger partial charge in [0.2, 0.25) is 0 Å². The Kier molecular flexibility index (Phi) is 2.63. The molecule has 2 aromatic carbocycles. The molecule has 0 saturated heterocycles. The Hall–Kier alpha value is -2.09. The number of hydrogen-bond acceptors (Lipinski definition) is 1. The highest BCUT2D eigenvalue weighted by atomic mass is 15.1. The zero-order chi connectivity index (χ0) is 12.5. The molecular formula is C16H16N2. The topological polar surface area (TPSA) is 28.7 Å². The minimum Gasteiger partial charge on any atom is -0.281 e. The van der Waals surface area contributed by atoms with Crippen LogP contribution in [0.4, 0.5) is 0 Å². The molecular weight excluding hydrogens is 220 g/mol. The molecule has 3 aromatic rings. The average Bonchev–Trinajstić information content (AvgIpc) is 2.82. The molecule has 0 fully saturated rings. The SMILES string of the molecule is CC(C)c1[nH]nc2ccc(-c3ccccc3)cc12. The van der Waals surface area contributed by atoms with E-state index in [1.807, 2.05) is 6.07 Å². The van der Waals surface area contributed by atoms with E-state index in [0.717, 1.165) is 5.52 Å². The third-order valence-corrected chi connectivity index (χ3v) is 3.27. The Morgan fingerprint density at radius 2 is 1.72 bits per heavy atom. The maximum absolute atomic E-state index is 4.35. The molecule has 1 heterocycles. The summed E-state index contributed by atoms with van der Waals surface area (Å²) >= 11 is 0. The number of benzene rings is 2. The van der Waals surface area contributed by atoms with Gasteiger partial charge in [0, 0.05) is 11.1 Å². The van der Waals surface area contributed by atoms with Crippen molar-refractivity contribution < 1.29 is 0 Å². The largest absolute Gasteiger partial charge is 0.281 e. The molecule has 0 unspecified atom stereocenters. The monoisotopic (exact) mass is 236 g/mol. The molecule has 0 saturated carbocycles. The molecule has 90 valence electrons. The Morgan fingerprint density at radius 3 is 2.44 bits per heavy atom. The second-order valence-corrected chi connectivity index (χ2v) is 4.89. The van der Waals surface area contributed by atoms with Crippen LogP contribution in [-0.2, 0) is 0 Å². The van der Waals surface area contributed by atoms with Gasteiger partial charge >= 0.3 is 0 Å². The summed E-state index contributed by atoms with van der Waals surface area (Å²) in [6.07, 6.45) is 0. The zero-order valence-corrected chi connectivity index (χ0v) is 10.6. The van der Waals surface area contributed by atoms with Crippen molar-refractivity contribution in [2.75, 3.05) is 0 Å². The Balaban J connectivity index is 2.18. The number of nitrogens with one attached hydrogen (secondary N) is 1. The molecule has 0 bridgehead atoms. The second kappa shape index (κ2) is 4.30. The molecule has 2 heteroatoms. The summed E-state index contributed by atoms with van der Waals surface area (Å²) in [5.74, 6) is 0.459. The zero-order valence-electron chi connectivity index (χ0n) is 10.6. The lowest BCUT2D eigenvalue weighted by Crippen LogP contribution is -1.87. The van der Waals surface area contributed by atoms with Gasteiger partial charge in [0.15, 0.2) is 0 Å². The van der Waals surface area contributed by atoms with Gasteiger partial charge in [-0.3, -0.25) is 5.10 Å². The van der Waals surface area contributed by atoms with Gasteiger partial charge in [-0.05, 0) is 29.2 Å². The van der Waals surface area contributed by atoms with Gasteiger partial charge in [0.25, 0.3) is 0 Å². The van der Waals surface area contributed by atoms with Gasteiger partial charge in [-0.15, -0.1) is 0 Å². The minimum atomic E-state index is 0.459. The van der Waals surface area contributed by atoms with E-state index in [0.29, 0.717) is 5.92 Å². The summed E-state index contributed by atoms with van der Waals surface area (Å²) in [5, 5.41) is 8.72. The first kappa shape index (κ1) is 11.0. The lowest BCUT2D eigenvalue weighted by atomic mass is 10.0. The van der Waals surface area contributed by atoms with Crippen LogP contribution in [0.25, 0.3) is 22.0 Å². The van der Waals surface area contributed by atoms with Gasteiger partial charge < -0.3 is 0 Å². The number of aromatic amines is 1. The summed E-state index contributed by atoms with van der Waals surface area (Å²) in [7, 11) is 0. The van der Waals surface area contributed by atoms with E-state index in [1.165, 1.54) is 22.2 Å². The van der Waals surface area contributed by atoms with E-state index in [1.54, 1.807) is 0 Å². The van der Waals surface area contributed by atoms with E-state index in [4.69, 9.17) is 0 Å². The van der Waals surface area contributed by atoms with Crippen molar-refractivity contribution in [3.8, 4) is 11.1 Å². The summed E-state index contributed by atoms with van der Waals surface area (Å²) in [4.78, 5) is 0. The van der Waals surface area contributed by atoms with Crippen LogP contribution < -0.4 is 0 Å². The summed E-state index contributed by atoms with van der Waals surface area (Å²) in [6.45, 7) is 4.37. The van der Waals surface area contributed by atoms with Gasteiger partial charge in [-0.25, -0.2) is 0 Å². The van der Waals surface area contributed by atoms with Crippen LogP contribution >= 0.6 is 0 Å². The number of hydrogen-bond donors (Lipinski definition) is 1. The minimum absolute atomic E-state index is 0.459. The van der Waals surface area contributed by atoms with Crippen molar-refractivity contribution in [2.45, 2.75) is 19.8 Å². The fraction of sp³-hybridized carbons (Fsp3) is 0.188. The number of aromatic nitrogens is 2. The maximum atomic E-state index is 4.35. The van der Waals surface area contributed by atoms with E-state index < -0.39 is 0 Å². The van der Waals surface area contributed by atoms with E-state index in [9.17, 15) is 0 Å². The molecule has 0 aliphatic heterocycles. The number of rotatable bonds is 2. The van der Waals surface area contributed by atoms with Crippen molar-refractivity contribution in [1.29, 1.82) is 0 Å². The molecule has 1 aromatic heterocycles. The molecule has 3 rings (SSSR count). The molecule has 2 nitrogen and oxygen atoms in total. The highest BCUT2D eigenvalue weighted by Crippen LogP contribution is 2.28. The highest BCUT2D eigenvalue weighted by molar-refractivity contribution is 5.86. The molecule has 0 aliphatic rings. The van der Waals surface area contributed by atoms with Crippen molar-refractivity contribution in [2.24, 2.45) is 0 Å². The first-order chi connectivity index (χ1) is 8.75. The third-order valence-electron chi connectivity index (χ3n) is 3.27. The fourth-order valence-electron chi connectivity index (χ4n) is 2.28. The summed E-state index contributed by atoms with van der Waals surface area (Å²) in [5.41, 5.74) is 4.74. The van der Waals surface area contributed by atoms with Gasteiger partial charge in [0.05, 0.1) is 5.52 Å². The first-order valence-corrected chi connectivity index (χ1v) is 6.29. The standard InChI is InChI=1S/C16H16N2/c1-11(2)16-14-10-13(8-9-15(14)17-18-16)12-6-4-3-5-7-12/h3-11H,1-2H3,(H,17,18). The number of nitrogens with zero attached hydrogens (tertiary/aromatic N) is 1. The quantitative estimate of drug-likeness (QED) is 0.704. The Labute approximate surface area is 107 Å². The molecule has 0 amide bonds. The molecule has 0 atom stereocenters. The van der Waals surface area contributed by atoms with E-state index >= 15 is 0 Å². The normalized spacial score (nSPS) is 11.3. The van der Waals surface area contributed by atoms with Crippen LogP contribution in [0.15, 0.2) is 48.5 Å². The second-order valence-electron chi connectivity index (χ2n) is 4.89. The highest BCUT2D eigenvalue weighted by Gasteiger charge is 2.09. The lowest BCUT2D eigenvalue weighted by molar-refractivity contribution is 0.818. The fourth-order valence-corrected chi connectivity index (χ4v) is 2.28.